The van der Waals surface area contributed by atoms with Crippen molar-refractivity contribution in [2.45, 2.75) is 51.6 Å². The summed E-state index contributed by atoms with van der Waals surface area (Å²) in [4.78, 5) is 4.03. The Kier molecular flexibility index (Phi) is 4.37. The van der Waals surface area contributed by atoms with E-state index in [0.717, 1.165) is 18.4 Å². The minimum atomic E-state index is 0.255. The van der Waals surface area contributed by atoms with Gasteiger partial charge in [0.05, 0.1) is 24.9 Å². The van der Waals surface area contributed by atoms with E-state index in [2.05, 4.69) is 18.8 Å². The third kappa shape index (κ3) is 3.66. The Bertz CT molecular complexity index is 362. The lowest BCUT2D eigenvalue weighted by Gasteiger charge is -2.32. The number of aromatic nitrogens is 1. The molecule has 3 nitrogen and oxygen atoms in total. The molecule has 1 aromatic heterocycles. The minimum absolute atomic E-state index is 0.255. The van der Waals surface area contributed by atoms with Crippen LogP contribution >= 0.6 is 11.6 Å². The maximum absolute atomic E-state index is 5.98. The monoisotopic (exact) mass is 255 g/mol. The van der Waals surface area contributed by atoms with E-state index in [4.69, 9.17) is 21.1 Å². The van der Waals surface area contributed by atoms with Crippen LogP contribution < -0.4 is 0 Å². The van der Waals surface area contributed by atoms with Gasteiger partial charge in [-0.25, -0.2) is 4.98 Å². The van der Waals surface area contributed by atoms with E-state index in [9.17, 15) is 0 Å². The molecule has 0 aromatic carbocycles. The van der Waals surface area contributed by atoms with Gasteiger partial charge in [0.1, 0.15) is 5.15 Å². The van der Waals surface area contributed by atoms with E-state index in [1.54, 1.807) is 6.20 Å². The zero-order valence-electron chi connectivity index (χ0n) is 10.2. The normalized spacial score (nSPS) is 29.2. The van der Waals surface area contributed by atoms with Gasteiger partial charge in [0, 0.05) is 11.8 Å². The van der Waals surface area contributed by atoms with Crippen LogP contribution in [0.15, 0.2) is 18.3 Å². The van der Waals surface area contributed by atoms with Gasteiger partial charge in [-0.15, -0.1) is 0 Å². The molecule has 2 heterocycles. The Morgan fingerprint density at radius 3 is 2.76 bits per heavy atom. The lowest BCUT2D eigenvalue weighted by molar-refractivity contribution is -0.106. The van der Waals surface area contributed by atoms with Gasteiger partial charge in [0.25, 0.3) is 0 Å². The quantitative estimate of drug-likeness (QED) is 0.778. The lowest BCUT2D eigenvalue weighted by atomic mass is 10.0. The number of pyridine rings is 1. The summed E-state index contributed by atoms with van der Waals surface area (Å²) in [5.74, 6) is 0. The molecule has 1 aromatic rings. The first kappa shape index (κ1) is 12.8. The molecule has 1 saturated heterocycles. The average molecular weight is 256 g/mol. The summed E-state index contributed by atoms with van der Waals surface area (Å²) in [6.07, 6.45) is 4.38. The fourth-order valence-corrected chi connectivity index (χ4v) is 2.39. The van der Waals surface area contributed by atoms with Gasteiger partial charge < -0.3 is 9.47 Å². The number of nitrogens with zero attached hydrogens (tertiary/aromatic N) is 1. The van der Waals surface area contributed by atoms with Gasteiger partial charge in [0.15, 0.2) is 0 Å². The second-order valence-electron chi connectivity index (χ2n) is 4.62. The molecule has 94 valence electrons. The minimum Gasteiger partial charge on any atom is -0.375 e. The molecule has 0 saturated carbocycles. The zero-order chi connectivity index (χ0) is 12.3. The Labute approximate surface area is 107 Å². The van der Waals surface area contributed by atoms with E-state index in [-0.39, 0.29) is 18.3 Å². The summed E-state index contributed by atoms with van der Waals surface area (Å²) in [5.41, 5.74) is 0.945. The molecule has 2 rings (SSSR count). The average Bonchev–Trinajstić information content (AvgIpc) is 2.27. The zero-order valence-corrected chi connectivity index (χ0v) is 11.0. The molecular weight excluding hydrogens is 238 g/mol. The van der Waals surface area contributed by atoms with Crippen molar-refractivity contribution in [1.82, 2.24) is 4.98 Å². The van der Waals surface area contributed by atoms with Gasteiger partial charge in [-0.1, -0.05) is 17.7 Å². The van der Waals surface area contributed by atoms with Crippen molar-refractivity contribution < 1.29 is 9.47 Å². The van der Waals surface area contributed by atoms with E-state index < -0.39 is 0 Å². The van der Waals surface area contributed by atoms with Crippen LogP contribution in [0.2, 0.25) is 5.15 Å². The maximum atomic E-state index is 5.98. The summed E-state index contributed by atoms with van der Waals surface area (Å²) in [7, 11) is 0. The molecule has 0 bridgehead atoms. The second-order valence-corrected chi connectivity index (χ2v) is 4.97. The van der Waals surface area contributed by atoms with Crippen molar-refractivity contribution in [3.63, 3.8) is 0 Å². The molecule has 4 heteroatoms. The maximum Gasteiger partial charge on any atom is 0.134 e. The van der Waals surface area contributed by atoms with Crippen LogP contribution in [-0.4, -0.2) is 23.3 Å². The van der Waals surface area contributed by atoms with E-state index in [1.807, 2.05) is 12.1 Å². The van der Waals surface area contributed by atoms with Crippen molar-refractivity contribution in [2.75, 3.05) is 0 Å². The van der Waals surface area contributed by atoms with Crippen LogP contribution in [-0.2, 0) is 16.1 Å². The first-order valence-electron chi connectivity index (χ1n) is 6.01. The van der Waals surface area contributed by atoms with Crippen LogP contribution in [0, 0.1) is 0 Å². The van der Waals surface area contributed by atoms with Crippen LogP contribution in [0.25, 0.3) is 0 Å². The number of hydrogen-bond donors (Lipinski definition) is 0. The molecule has 1 fully saturated rings. The molecule has 1 aliphatic heterocycles. The topological polar surface area (TPSA) is 31.4 Å². The molecule has 0 spiro atoms. The second kappa shape index (κ2) is 5.80. The van der Waals surface area contributed by atoms with Crippen LogP contribution in [0.4, 0.5) is 0 Å². The van der Waals surface area contributed by atoms with E-state index >= 15 is 0 Å². The van der Waals surface area contributed by atoms with Crippen molar-refractivity contribution in [2.24, 2.45) is 0 Å². The third-order valence-electron chi connectivity index (χ3n) is 2.97. The van der Waals surface area contributed by atoms with Crippen molar-refractivity contribution in [1.29, 1.82) is 0 Å². The fourth-order valence-electron chi connectivity index (χ4n) is 2.22. The Balaban J connectivity index is 1.88. The first-order chi connectivity index (χ1) is 8.15. The number of hydrogen-bond acceptors (Lipinski definition) is 3. The molecule has 2 atom stereocenters. The smallest absolute Gasteiger partial charge is 0.134 e. The van der Waals surface area contributed by atoms with Gasteiger partial charge in [-0.3, -0.25) is 0 Å². The molecule has 0 aliphatic carbocycles. The number of ether oxygens (including phenoxy) is 2. The predicted octanol–water partition coefficient (Wildman–Crippen LogP) is 3.21. The highest BCUT2D eigenvalue weighted by Crippen LogP contribution is 2.23. The summed E-state index contributed by atoms with van der Waals surface area (Å²) < 4.78 is 11.6. The van der Waals surface area contributed by atoms with E-state index in [1.165, 1.54) is 0 Å². The largest absolute Gasteiger partial charge is 0.375 e. The van der Waals surface area contributed by atoms with Crippen molar-refractivity contribution >= 4 is 11.6 Å². The summed E-state index contributed by atoms with van der Waals surface area (Å²) in [6.45, 7) is 4.70. The SMILES string of the molecule is CC1CC(OCc2cccnc2Cl)CC(C)O1. The summed E-state index contributed by atoms with van der Waals surface area (Å²) >= 11 is 5.98. The molecule has 17 heavy (non-hydrogen) atoms. The van der Waals surface area contributed by atoms with Gasteiger partial charge in [0.2, 0.25) is 0 Å². The Morgan fingerprint density at radius 2 is 2.12 bits per heavy atom. The van der Waals surface area contributed by atoms with E-state index in [0.29, 0.717) is 11.8 Å². The fraction of sp³-hybridized carbons (Fsp3) is 0.615. The number of rotatable bonds is 3. The lowest BCUT2D eigenvalue weighted by Crippen LogP contribution is -2.34. The van der Waals surface area contributed by atoms with Gasteiger partial charge in [-0.2, -0.15) is 0 Å². The summed E-state index contributed by atoms with van der Waals surface area (Å²) in [5, 5.41) is 0.528. The highest BCUT2D eigenvalue weighted by Gasteiger charge is 2.24. The molecular formula is C13H18ClNO2. The first-order valence-corrected chi connectivity index (χ1v) is 6.39. The third-order valence-corrected chi connectivity index (χ3v) is 3.31. The molecule has 0 N–H and O–H groups in total. The Hall–Kier alpha value is -0.640. The number of halogens is 1. The highest BCUT2D eigenvalue weighted by atomic mass is 35.5. The molecule has 2 unspecified atom stereocenters. The molecule has 0 amide bonds. The highest BCUT2D eigenvalue weighted by molar-refractivity contribution is 6.30. The molecule has 0 radical (unpaired) electrons. The Morgan fingerprint density at radius 1 is 1.41 bits per heavy atom. The standard InChI is InChI=1S/C13H18ClNO2/c1-9-6-12(7-10(2)17-9)16-8-11-4-3-5-15-13(11)14/h3-5,9-10,12H,6-8H2,1-2H3. The van der Waals surface area contributed by atoms with Crippen LogP contribution in [0.3, 0.4) is 0 Å². The van der Waals surface area contributed by atoms with Crippen molar-refractivity contribution in [3.8, 4) is 0 Å². The predicted molar refractivity (Wildman–Crippen MR) is 67.1 cm³/mol. The summed E-state index contributed by atoms with van der Waals surface area (Å²) in [6, 6.07) is 3.82. The van der Waals surface area contributed by atoms with Crippen LogP contribution in [0.5, 0.6) is 0 Å². The van der Waals surface area contributed by atoms with Gasteiger partial charge in [-0.05, 0) is 32.8 Å². The molecule has 1 aliphatic rings. The van der Waals surface area contributed by atoms with Gasteiger partial charge >= 0.3 is 0 Å². The van der Waals surface area contributed by atoms with Crippen LogP contribution in [0.1, 0.15) is 32.3 Å². The van der Waals surface area contributed by atoms with Crippen molar-refractivity contribution in [3.05, 3.63) is 29.0 Å².